The van der Waals surface area contributed by atoms with Crippen LogP contribution in [-0.4, -0.2) is 23.5 Å². The quantitative estimate of drug-likeness (QED) is 0.745. The van der Waals surface area contributed by atoms with Gasteiger partial charge in [0.25, 0.3) is 5.91 Å². The fraction of sp³-hybridized carbons (Fsp3) is 0.111. The summed E-state index contributed by atoms with van der Waals surface area (Å²) in [4.78, 5) is 21.9. The molecule has 0 saturated heterocycles. The van der Waals surface area contributed by atoms with Crippen LogP contribution in [0.4, 0.5) is 0 Å². The average molecular weight is 217 g/mol. The zero-order valence-electron chi connectivity index (χ0n) is 8.95. The van der Waals surface area contributed by atoms with Gasteiger partial charge in [-0.05, 0) is 18.2 Å². The third-order valence-corrected chi connectivity index (χ3v) is 1.60. The van der Waals surface area contributed by atoms with Crippen molar-refractivity contribution >= 4 is 23.5 Å². The summed E-state index contributed by atoms with van der Waals surface area (Å²) in [6.07, 6.45) is 0. The Kier molecular flexibility index (Phi) is 2.58. The van der Waals surface area contributed by atoms with Gasteiger partial charge < -0.3 is 10.4 Å². The van der Waals surface area contributed by atoms with Crippen LogP contribution in [0.15, 0.2) is 24.3 Å². The van der Waals surface area contributed by atoms with Crippen molar-refractivity contribution in [3.8, 4) is 0 Å². The van der Waals surface area contributed by atoms with Gasteiger partial charge in [0.15, 0.2) is 0 Å². The Morgan fingerprint density at radius 2 is 2.29 bits per heavy atom. The van der Waals surface area contributed by atoms with Gasteiger partial charge >= 0.3 is 5.97 Å². The lowest BCUT2D eigenvalue weighted by atomic mass is 10.2. The Hall–Kier alpha value is -1.55. The highest BCUT2D eigenvalue weighted by Gasteiger charge is 2.06. The summed E-state index contributed by atoms with van der Waals surface area (Å²) in [5.41, 5.74) is 0.0950. The third-order valence-electron chi connectivity index (χ3n) is 1.37. The largest absolute Gasteiger partial charge is 0.480 e. The lowest BCUT2D eigenvalue weighted by Crippen LogP contribution is -2.29. The number of rotatable bonds is 3. The van der Waals surface area contributed by atoms with E-state index in [-0.39, 0.29) is 5.56 Å². The van der Waals surface area contributed by atoms with Crippen molar-refractivity contribution < 1.29 is 17.4 Å². The summed E-state index contributed by atoms with van der Waals surface area (Å²) < 4.78 is 14.0. The maximum Gasteiger partial charge on any atom is 0.322 e. The molecule has 0 atom stereocenters. The number of carboxylic acid groups (broad SMARTS) is 1. The first-order valence-electron chi connectivity index (χ1n) is 4.64. The molecule has 0 bridgehead atoms. The molecule has 0 heterocycles. The molecule has 0 aliphatic carbocycles. The minimum absolute atomic E-state index is 0.0950. The molecule has 1 amide bonds. The number of aliphatic carboxylic acids is 1. The first-order chi connectivity index (χ1) is 7.33. The van der Waals surface area contributed by atoms with Crippen LogP contribution >= 0.6 is 11.6 Å². The van der Waals surface area contributed by atoms with Gasteiger partial charge in [-0.25, -0.2) is 0 Å². The van der Waals surface area contributed by atoms with Crippen molar-refractivity contribution in [2.24, 2.45) is 0 Å². The van der Waals surface area contributed by atoms with Gasteiger partial charge in [0.05, 0.1) is 2.74 Å². The van der Waals surface area contributed by atoms with Crippen molar-refractivity contribution in [1.29, 1.82) is 0 Å². The molecular formula is C9H8ClNO3. The zero-order valence-corrected chi connectivity index (χ0v) is 7.71. The van der Waals surface area contributed by atoms with Crippen molar-refractivity contribution in [2.45, 2.75) is 0 Å². The molecule has 74 valence electrons. The Morgan fingerprint density at radius 1 is 1.57 bits per heavy atom. The second kappa shape index (κ2) is 4.62. The van der Waals surface area contributed by atoms with Crippen LogP contribution in [0.3, 0.4) is 0 Å². The van der Waals surface area contributed by atoms with Gasteiger partial charge in [0, 0.05) is 10.6 Å². The minimum Gasteiger partial charge on any atom is -0.480 e. The van der Waals surface area contributed by atoms with Crippen LogP contribution in [0.2, 0.25) is 5.02 Å². The number of carboxylic acids is 1. The summed E-state index contributed by atoms with van der Waals surface area (Å²) in [5, 5.41) is 10.5. The fourth-order valence-electron chi connectivity index (χ4n) is 0.812. The molecule has 0 aliphatic rings. The summed E-state index contributed by atoms with van der Waals surface area (Å²) in [6, 6.07) is 5.77. The predicted octanol–water partition coefficient (Wildman–Crippen LogP) is 1.15. The normalized spacial score (nSPS) is 12.6. The molecule has 5 heteroatoms. The standard InChI is InChI=1S/C9H8ClNO3/c10-7-3-1-2-6(4-7)9(14)11-5-8(12)13/h1-4H,5H2,(H,11,14)(H,12,13)/i5D2,11+1. The molecule has 0 saturated carbocycles. The SMILES string of the molecule is [2H]C([2H])([15NH]C(=O)c1cccc(Cl)c1)C(=O)O. The lowest BCUT2D eigenvalue weighted by molar-refractivity contribution is -0.135. The van der Waals surface area contributed by atoms with E-state index in [2.05, 4.69) is 0 Å². The van der Waals surface area contributed by atoms with Crippen molar-refractivity contribution in [3.63, 3.8) is 0 Å². The number of hydrogen-bond acceptors (Lipinski definition) is 2. The molecule has 1 aromatic carbocycles. The number of halogens is 1. The molecule has 0 radical (unpaired) electrons. The summed E-state index contributed by atoms with van der Waals surface area (Å²) in [7, 11) is 0. The van der Waals surface area contributed by atoms with Gasteiger partial charge in [0.2, 0.25) is 0 Å². The Bertz CT molecular complexity index is 437. The van der Waals surface area contributed by atoms with Crippen molar-refractivity contribution in [1.82, 2.24) is 5.32 Å². The molecule has 4 nitrogen and oxygen atoms in total. The van der Waals surface area contributed by atoms with Crippen LogP contribution in [0.1, 0.15) is 13.1 Å². The van der Waals surface area contributed by atoms with E-state index in [4.69, 9.17) is 19.4 Å². The summed E-state index contributed by atoms with van der Waals surface area (Å²) in [6.45, 7) is -2.81. The smallest absolute Gasteiger partial charge is 0.322 e. The zero-order chi connectivity index (χ0) is 12.3. The topological polar surface area (TPSA) is 66.4 Å². The Balaban J connectivity index is 2.85. The van der Waals surface area contributed by atoms with E-state index in [1.807, 2.05) is 0 Å². The summed E-state index contributed by atoms with van der Waals surface area (Å²) >= 11 is 5.63. The minimum atomic E-state index is -2.81. The number of carbonyl (C=O) groups is 2. The van der Waals surface area contributed by atoms with E-state index in [0.29, 0.717) is 5.02 Å². The highest BCUT2D eigenvalue weighted by atomic mass is 35.5. The van der Waals surface area contributed by atoms with Gasteiger partial charge in [0.1, 0.15) is 6.50 Å². The Labute approximate surface area is 88.3 Å². The van der Waals surface area contributed by atoms with E-state index in [1.165, 1.54) is 18.2 Å². The van der Waals surface area contributed by atoms with Crippen LogP contribution < -0.4 is 5.32 Å². The number of carbonyl (C=O) groups excluding carboxylic acids is 1. The van der Waals surface area contributed by atoms with Crippen LogP contribution in [0.25, 0.3) is 0 Å². The van der Waals surface area contributed by atoms with E-state index in [0.717, 1.165) is 0 Å². The van der Waals surface area contributed by atoms with Gasteiger partial charge in [-0.3, -0.25) is 9.59 Å². The Morgan fingerprint density at radius 3 is 2.86 bits per heavy atom. The van der Waals surface area contributed by atoms with Crippen LogP contribution in [0.5, 0.6) is 0 Å². The molecular weight excluding hydrogens is 207 g/mol. The van der Waals surface area contributed by atoms with Crippen molar-refractivity contribution in [2.75, 3.05) is 6.50 Å². The molecule has 0 spiro atoms. The van der Waals surface area contributed by atoms with Gasteiger partial charge in [-0.15, -0.1) is 0 Å². The highest BCUT2D eigenvalue weighted by Crippen LogP contribution is 2.10. The first kappa shape index (κ1) is 7.82. The van der Waals surface area contributed by atoms with Gasteiger partial charge in [-0.1, -0.05) is 17.7 Å². The number of nitrogens with one attached hydrogen (secondary N) is 1. The number of benzene rings is 1. The van der Waals surface area contributed by atoms with E-state index in [9.17, 15) is 9.59 Å². The lowest BCUT2D eigenvalue weighted by Gasteiger charge is -2.01. The maximum atomic E-state index is 11.4. The van der Waals surface area contributed by atoms with E-state index in [1.54, 1.807) is 11.4 Å². The maximum absolute atomic E-state index is 11.4. The molecule has 14 heavy (non-hydrogen) atoms. The second-order valence-corrected chi connectivity index (χ2v) is 2.83. The monoisotopic (exact) mass is 216 g/mol. The first-order valence-corrected chi connectivity index (χ1v) is 4.02. The van der Waals surface area contributed by atoms with Crippen LogP contribution in [0, 0.1) is 0 Å². The molecule has 1 rings (SSSR count). The molecule has 1 aromatic rings. The second-order valence-electron chi connectivity index (χ2n) is 2.39. The van der Waals surface area contributed by atoms with E-state index >= 15 is 0 Å². The van der Waals surface area contributed by atoms with Crippen molar-refractivity contribution in [3.05, 3.63) is 34.9 Å². The van der Waals surface area contributed by atoms with Crippen LogP contribution in [-0.2, 0) is 4.79 Å². The molecule has 2 N–H and O–H groups in total. The summed E-state index contributed by atoms with van der Waals surface area (Å²) in [5.74, 6) is -2.60. The molecule has 0 aromatic heterocycles. The third kappa shape index (κ3) is 3.06. The van der Waals surface area contributed by atoms with Gasteiger partial charge in [-0.2, -0.15) is 0 Å². The number of hydrogen-bond donors (Lipinski definition) is 2. The van der Waals surface area contributed by atoms with E-state index < -0.39 is 18.4 Å². The fourth-order valence-corrected chi connectivity index (χ4v) is 1.00. The molecule has 0 aliphatic heterocycles. The average Bonchev–Trinajstić information content (AvgIpc) is 2.16. The highest BCUT2D eigenvalue weighted by molar-refractivity contribution is 6.30. The molecule has 0 unspecified atom stereocenters. The predicted molar refractivity (Wildman–Crippen MR) is 51.4 cm³/mol. The molecule has 0 fully saturated rings. The number of amides is 1.